The summed E-state index contributed by atoms with van der Waals surface area (Å²) in [6.07, 6.45) is 4.12. The highest BCUT2D eigenvalue weighted by atomic mass is 35.5. The SMILES string of the molecule is COc1ccc2c(c1)CCN2C(=O)[C@@H]1CCC[C@@H]1CN.Cl. The summed E-state index contributed by atoms with van der Waals surface area (Å²) in [5, 5.41) is 0. The molecule has 0 spiro atoms. The first-order chi connectivity index (χ1) is 9.74. The molecule has 1 amide bonds. The highest BCUT2D eigenvalue weighted by Gasteiger charge is 2.37. The van der Waals surface area contributed by atoms with E-state index in [-0.39, 0.29) is 24.2 Å². The number of hydrogen-bond donors (Lipinski definition) is 1. The van der Waals surface area contributed by atoms with Crippen LogP contribution in [0.2, 0.25) is 0 Å². The summed E-state index contributed by atoms with van der Waals surface area (Å²) in [5.74, 6) is 1.61. The average molecular weight is 311 g/mol. The Morgan fingerprint density at radius 1 is 1.43 bits per heavy atom. The van der Waals surface area contributed by atoms with Gasteiger partial charge in [0.05, 0.1) is 7.11 Å². The molecule has 4 nitrogen and oxygen atoms in total. The molecule has 0 unspecified atom stereocenters. The lowest BCUT2D eigenvalue weighted by molar-refractivity contribution is -0.123. The van der Waals surface area contributed by atoms with E-state index in [0.29, 0.717) is 12.5 Å². The molecule has 2 atom stereocenters. The van der Waals surface area contributed by atoms with Gasteiger partial charge in [0.2, 0.25) is 5.91 Å². The smallest absolute Gasteiger partial charge is 0.230 e. The summed E-state index contributed by atoms with van der Waals surface area (Å²) < 4.78 is 5.25. The van der Waals surface area contributed by atoms with Gasteiger partial charge < -0.3 is 15.4 Å². The van der Waals surface area contributed by atoms with Crippen molar-refractivity contribution < 1.29 is 9.53 Å². The predicted molar refractivity (Wildman–Crippen MR) is 86.2 cm³/mol. The maximum absolute atomic E-state index is 12.8. The largest absolute Gasteiger partial charge is 0.497 e. The fraction of sp³-hybridized carbons (Fsp3) is 0.562. The molecule has 116 valence electrons. The number of nitrogens with two attached hydrogens (primary N) is 1. The fourth-order valence-corrected chi connectivity index (χ4v) is 3.58. The molecule has 0 radical (unpaired) electrons. The molecule has 3 rings (SSSR count). The van der Waals surface area contributed by atoms with Crippen molar-refractivity contribution >= 4 is 24.0 Å². The molecule has 1 aromatic rings. The standard InChI is InChI=1S/C16H22N2O2.ClH/c1-20-13-5-6-15-11(9-13)7-8-18(15)16(19)14-4-2-3-12(14)10-17;/h5-6,9,12,14H,2-4,7-8,10,17H2,1H3;1H/t12-,14-;/m1./s1. The monoisotopic (exact) mass is 310 g/mol. The van der Waals surface area contributed by atoms with Gasteiger partial charge in [0.25, 0.3) is 0 Å². The van der Waals surface area contributed by atoms with E-state index < -0.39 is 0 Å². The van der Waals surface area contributed by atoms with Crippen LogP contribution < -0.4 is 15.4 Å². The molecule has 2 N–H and O–H groups in total. The molecule has 21 heavy (non-hydrogen) atoms. The third kappa shape index (κ3) is 2.87. The Kier molecular flexibility index (Phi) is 5.12. The number of benzene rings is 1. The van der Waals surface area contributed by atoms with Gasteiger partial charge in [-0.15, -0.1) is 12.4 Å². The van der Waals surface area contributed by atoms with Crippen LogP contribution in [0.4, 0.5) is 5.69 Å². The van der Waals surface area contributed by atoms with Crippen LogP contribution >= 0.6 is 12.4 Å². The van der Waals surface area contributed by atoms with Crippen molar-refractivity contribution in [1.29, 1.82) is 0 Å². The predicted octanol–water partition coefficient (Wildman–Crippen LogP) is 2.38. The minimum atomic E-state index is 0. The highest BCUT2D eigenvalue weighted by molar-refractivity contribution is 5.97. The summed E-state index contributed by atoms with van der Waals surface area (Å²) in [7, 11) is 1.67. The maximum atomic E-state index is 12.8. The number of fused-ring (bicyclic) bond motifs is 1. The summed E-state index contributed by atoms with van der Waals surface area (Å²) in [6.45, 7) is 1.41. The van der Waals surface area contributed by atoms with Crippen molar-refractivity contribution in [3.8, 4) is 5.75 Å². The number of anilines is 1. The Morgan fingerprint density at radius 2 is 2.24 bits per heavy atom. The van der Waals surface area contributed by atoms with E-state index in [2.05, 4.69) is 0 Å². The van der Waals surface area contributed by atoms with Crippen LogP contribution in [-0.2, 0) is 11.2 Å². The number of rotatable bonds is 3. The number of hydrogen-bond acceptors (Lipinski definition) is 3. The van der Waals surface area contributed by atoms with Crippen LogP contribution in [0, 0.1) is 11.8 Å². The van der Waals surface area contributed by atoms with Gasteiger partial charge in [0.15, 0.2) is 0 Å². The highest BCUT2D eigenvalue weighted by Crippen LogP contribution is 2.37. The zero-order valence-corrected chi connectivity index (χ0v) is 13.2. The van der Waals surface area contributed by atoms with E-state index >= 15 is 0 Å². The van der Waals surface area contributed by atoms with Gasteiger partial charge in [-0.3, -0.25) is 4.79 Å². The van der Waals surface area contributed by atoms with E-state index in [1.165, 1.54) is 5.56 Å². The minimum absolute atomic E-state index is 0. The third-order valence-electron chi connectivity index (χ3n) is 4.73. The average Bonchev–Trinajstić information content (AvgIpc) is 3.12. The van der Waals surface area contributed by atoms with Crippen LogP contribution in [0.15, 0.2) is 18.2 Å². The summed E-state index contributed by atoms with van der Waals surface area (Å²) in [4.78, 5) is 14.7. The number of halogens is 1. The molecule has 1 heterocycles. The Labute approximate surface area is 132 Å². The van der Waals surface area contributed by atoms with Crippen molar-refractivity contribution in [3.05, 3.63) is 23.8 Å². The molecule has 0 aromatic heterocycles. The second-order valence-corrected chi connectivity index (χ2v) is 5.77. The summed E-state index contributed by atoms with van der Waals surface area (Å²) in [6, 6.07) is 5.97. The Hall–Kier alpha value is -1.26. The molecule has 0 bridgehead atoms. The minimum Gasteiger partial charge on any atom is -0.497 e. The quantitative estimate of drug-likeness (QED) is 0.932. The topological polar surface area (TPSA) is 55.6 Å². The van der Waals surface area contributed by atoms with E-state index in [4.69, 9.17) is 10.5 Å². The van der Waals surface area contributed by atoms with Crippen molar-refractivity contribution in [2.45, 2.75) is 25.7 Å². The molecule has 1 fully saturated rings. The van der Waals surface area contributed by atoms with Gasteiger partial charge in [0, 0.05) is 18.2 Å². The molecular formula is C16H23ClN2O2. The lowest BCUT2D eigenvalue weighted by atomic mass is 9.94. The molecule has 1 aliphatic carbocycles. The van der Waals surface area contributed by atoms with Crippen molar-refractivity contribution in [1.82, 2.24) is 0 Å². The number of carbonyl (C=O) groups excluding carboxylic acids is 1. The van der Waals surface area contributed by atoms with Gasteiger partial charge in [0.1, 0.15) is 5.75 Å². The normalized spacial score (nSPS) is 23.6. The Bertz CT molecular complexity index is 521. The van der Waals surface area contributed by atoms with Gasteiger partial charge >= 0.3 is 0 Å². The van der Waals surface area contributed by atoms with Gasteiger partial charge in [-0.1, -0.05) is 6.42 Å². The number of ether oxygens (including phenoxy) is 1. The zero-order chi connectivity index (χ0) is 14.1. The van der Waals surface area contributed by atoms with Gasteiger partial charge in [-0.25, -0.2) is 0 Å². The first-order valence-electron chi connectivity index (χ1n) is 7.43. The van der Waals surface area contributed by atoms with Crippen molar-refractivity contribution in [2.24, 2.45) is 17.6 Å². The number of methoxy groups -OCH3 is 1. The van der Waals surface area contributed by atoms with Crippen LogP contribution in [-0.4, -0.2) is 26.1 Å². The van der Waals surface area contributed by atoms with Crippen LogP contribution in [0.25, 0.3) is 0 Å². The number of amides is 1. The summed E-state index contributed by atoms with van der Waals surface area (Å²) >= 11 is 0. The first kappa shape index (κ1) is 16.1. The van der Waals surface area contributed by atoms with Crippen LogP contribution in [0.3, 0.4) is 0 Å². The molecule has 1 saturated carbocycles. The van der Waals surface area contributed by atoms with Crippen LogP contribution in [0.1, 0.15) is 24.8 Å². The number of carbonyl (C=O) groups is 1. The van der Waals surface area contributed by atoms with E-state index in [0.717, 1.165) is 43.7 Å². The first-order valence-corrected chi connectivity index (χ1v) is 7.43. The molecule has 1 aromatic carbocycles. The van der Waals surface area contributed by atoms with E-state index in [1.807, 2.05) is 23.1 Å². The lowest BCUT2D eigenvalue weighted by Crippen LogP contribution is -2.38. The second-order valence-electron chi connectivity index (χ2n) is 5.77. The van der Waals surface area contributed by atoms with E-state index in [9.17, 15) is 4.79 Å². The molecule has 5 heteroatoms. The van der Waals surface area contributed by atoms with Crippen LogP contribution in [0.5, 0.6) is 5.75 Å². The summed E-state index contributed by atoms with van der Waals surface area (Å²) in [5.41, 5.74) is 8.07. The molecule has 2 aliphatic rings. The second kappa shape index (κ2) is 6.67. The lowest BCUT2D eigenvalue weighted by Gasteiger charge is -2.24. The third-order valence-corrected chi connectivity index (χ3v) is 4.73. The number of nitrogens with zero attached hydrogens (tertiary/aromatic N) is 1. The zero-order valence-electron chi connectivity index (χ0n) is 12.4. The van der Waals surface area contributed by atoms with E-state index in [1.54, 1.807) is 7.11 Å². The van der Waals surface area contributed by atoms with Gasteiger partial charge in [-0.2, -0.15) is 0 Å². The van der Waals surface area contributed by atoms with Gasteiger partial charge in [-0.05, 0) is 55.5 Å². The van der Waals surface area contributed by atoms with Crippen molar-refractivity contribution in [3.63, 3.8) is 0 Å². The Balaban J connectivity index is 0.00000161. The molecule has 1 aliphatic heterocycles. The fourth-order valence-electron chi connectivity index (χ4n) is 3.58. The Morgan fingerprint density at radius 3 is 2.95 bits per heavy atom. The molecule has 0 saturated heterocycles. The maximum Gasteiger partial charge on any atom is 0.230 e. The van der Waals surface area contributed by atoms with Crippen molar-refractivity contribution in [2.75, 3.05) is 25.1 Å². The molecular weight excluding hydrogens is 288 g/mol.